The molecular formula is C17H25N3S. The third-order valence-electron chi connectivity index (χ3n) is 3.48. The first-order valence-corrected chi connectivity index (χ1v) is 8.71. The van der Waals surface area contributed by atoms with Crippen molar-refractivity contribution < 1.29 is 0 Å². The molecule has 0 fully saturated rings. The van der Waals surface area contributed by atoms with Gasteiger partial charge in [0.1, 0.15) is 5.03 Å². The second kappa shape index (κ2) is 8.37. The van der Waals surface area contributed by atoms with Crippen LogP contribution in [0, 0.1) is 0 Å². The number of unbranched alkanes of at least 4 members (excludes halogenated alkanes) is 1. The van der Waals surface area contributed by atoms with Gasteiger partial charge in [-0.1, -0.05) is 18.2 Å². The third kappa shape index (κ3) is 4.99. The highest BCUT2D eigenvalue weighted by molar-refractivity contribution is 7.98. The largest absolute Gasteiger partial charge is 0.313 e. The van der Waals surface area contributed by atoms with E-state index in [4.69, 9.17) is 4.98 Å². The maximum Gasteiger partial charge on any atom is 0.101 e. The molecule has 0 unspecified atom stereocenters. The number of aromatic nitrogens is 1. The quantitative estimate of drug-likeness (QED) is 0.598. The Labute approximate surface area is 132 Å². The maximum atomic E-state index is 4.75. The van der Waals surface area contributed by atoms with Crippen LogP contribution in [0.3, 0.4) is 0 Å². The normalized spacial score (nSPS) is 11.4. The minimum atomic E-state index is 0.899. The van der Waals surface area contributed by atoms with Crippen molar-refractivity contribution >= 4 is 22.7 Å². The third-order valence-corrected chi connectivity index (χ3v) is 4.22. The standard InChI is InChI=1S/C17H25N3S/c1-20(2)11-7-6-10-18-13-15-12-14-8-4-5-9-16(14)19-17(15)21-3/h4-5,8-9,12,18H,6-7,10-11,13H2,1-3H3. The minimum absolute atomic E-state index is 0.899. The summed E-state index contributed by atoms with van der Waals surface area (Å²) in [5.41, 5.74) is 2.38. The summed E-state index contributed by atoms with van der Waals surface area (Å²) < 4.78 is 0. The molecule has 0 spiro atoms. The van der Waals surface area contributed by atoms with E-state index in [1.54, 1.807) is 11.8 Å². The Hall–Kier alpha value is -1.10. The van der Waals surface area contributed by atoms with Gasteiger partial charge in [-0.3, -0.25) is 0 Å². The summed E-state index contributed by atoms with van der Waals surface area (Å²) in [4.78, 5) is 6.98. The summed E-state index contributed by atoms with van der Waals surface area (Å²) in [6, 6.07) is 10.6. The average Bonchev–Trinajstić information content (AvgIpc) is 2.49. The van der Waals surface area contributed by atoms with Gasteiger partial charge in [0.15, 0.2) is 0 Å². The average molecular weight is 303 g/mol. The second-order valence-corrected chi connectivity index (χ2v) is 6.33. The lowest BCUT2D eigenvalue weighted by Gasteiger charge is -2.11. The molecule has 0 aliphatic heterocycles. The van der Waals surface area contributed by atoms with Gasteiger partial charge >= 0.3 is 0 Å². The van der Waals surface area contributed by atoms with Gasteiger partial charge in [0, 0.05) is 11.9 Å². The van der Waals surface area contributed by atoms with Crippen LogP contribution in [0.4, 0.5) is 0 Å². The maximum absolute atomic E-state index is 4.75. The molecule has 1 N–H and O–H groups in total. The Balaban J connectivity index is 1.91. The highest BCUT2D eigenvalue weighted by atomic mass is 32.2. The first-order chi connectivity index (χ1) is 10.2. The van der Waals surface area contributed by atoms with Gasteiger partial charge in [0.25, 0.3) is 0 Å². The number of hydrogen-bond acceptors (Lipinski definition) is 4. The molecule has 0 aliphatic rings. The Kier molecular flexibility index (Phi) is 6.49. The lowest BCUT2D eigenvalue weighted by atomic mass is 10.1. The monoisotopic (exact) mass is 303 g/mol. The number of fused-ring (bicyclic) bond motifs is 1. The smallest absolute Gasteiger partial charge is 0.101 e. The van der Waals surface area contributed by atoms with Crippen LogP contribution in [-0.2, 0) is 6.54 Å². The predicted octanol–water partition coefficient (Wildman–Crippen LogP) is 3.39. The van der Waals surface area contributed by atoms with Crippen LogP contribution >= 0.6 is 11.8 Å². The van der Waals surface area contributed by atoms with E-state index in [0.29, 0.717) is 0 Å². The van der Waals surface area contributed by atoms with Crippen molar-refractivity contribution in [2.45, 2.75) is 24.4 Å². The molecule has 2 aromatic rings. The second-order valence-electron chi connectivity index (χ2n) is 5.54. The number of pyridine rings is 1. The summed E-state index contributed by atoms with van der Waals surface area (Å²) in [5, 5.41) is 5.90. The Morgan fingerprint density at radius 2 is 2.00 bits per heavy atom. The molecule has 3 nitrogen and oxygen atoms in total. The van der Waals surface area contributed by atoms with Gasteiger partial charge < -0.3 is 10.2 Å². The highest BCUT2D eigenvalue weighted by Gasteiger charge is 2.05. The van der Waals surface area contributed by atoms with Crippen molar-refractivity contribution in [1.82, 2.24) is 15.2 Å². The summed E-state index contributed by atoms with van der Waals surface area (Å²) in [6.45, 7) is 3.12. The first-order valence-electron chi connectivity index (χ1n) is 7.49. The molecule has 0 aliphatic carbocycles. The van der Waals surface area contributed by atoms with Crippen LogP contribution in [0.5, 0.6) is 0 Å². The van der Waals surface area contributed by atoms with Crippen LogP contribution in [0.25, 0.3) is 10.9 Å². The van der Waals surface area contributed by atoms with E-state index in [1.807, 2.05) is 6.07 Å². The fourth-order valence-electron chi connectivity index (χ4n) is 2.35. The minimum Gasteiger partial charge on any atom is -0.313 e. The molecule has 0 saturated heterocycles. The highest BCUT2D eigenvalue weighted by Crippen LogP contribution is 2.23. The van der Waals surface area contributed by atoms with Crippen molar-refractivity contribution in [3.63, 3.8) is 0 Å². The van der Waals surface area contributed by atoms with Gasteiger partial charge in [0.2, 0.25) is 0 Å². The van der Waals surface area contributed by atoms with Crippen LogP contribution in [-0.4, -0.2) is 43.3 Å². The van der Waals surface area contributed by atoms with Crippen LogP contribution in [0.2, 0.25) is 0 Å². The molecule has 1 aromatic carbocycles. The molecule has 114 valence electrons. The van der Waals surface area contributed by atoms with E-state index in [9.17, 15) is 0 Å². The first kappa shape index (κ1) is 16.3. The molecular weight excluding hydrogens is 278 g/mol. The zero-order valence-corrected chi connectivity index (χ0v) is 14.0. The summed E-state index contributed by atoms with van der Waals surface area (Å²) in [5.74, 6) is 0. The van der Waals surface area contributed by atoms with Gasteiger partial charge in [-0.05, 0) is 64.0 Å². The molecule has 0 saturated carbocycles. The molecule has 0 atom stereocenters. The molecule has 1 aromatic heterocycles. The van der Waals surface area contributed by atoms with Crippen molar-refractivity contribution in [3.8, 4) is 0 Å². The molecule has 0 radical (unpaired) electrons. The molecule has 0 amide bonds. The molecule has 21 heavy (non-hydrogen) atoms. The zero-order chi connectivity index (χ0) is 15.1. The zero-order valence-electron chi connectivity index (χ0n) is 13.2. The van der Waals surface area contributed by atoms with E-state index in [2.05, 4.69) is 54.8 Å². The van der Waals surface area contributed by atoms with Gasteiger partial charge in [-0.25, -0.2) is 4.98 Å². The summed E-state index contributed by atoms with van der Waals surface area (Å²) in [6.07, 6.45) is 4.55. The van der Waals surface area contributed by atoms with Crippen molar-refractivity contribution in [3.05, 3.63) is 35.9 Å². The topological polar surface area (TPSA) is 28.2 Å². The number of nitrogens with one attached hydrogen (secondary N) is 1. The van der Waals surface area contributed by atoms with E-state index in [1.165, 1.54) is 23.8 Å². The van der Waals surface area contributed by atoms with E-state index in [0.717, 1.165) is 30.2 Å². The van der Waals surface area contributed by atoms with Gasteiger partial charge in [-0.15, -0.1) is 11.8 Å². The van der Waals surface area contributed by atoms with Crippen LogP contribution in [0.15, 0.2) is 35.4 Å². The molecule has 1 heterocycles. The SMILES string of the molecule is CSc1nc2ccccc2cc1CNCCCCN(C)C. The Morgan fingerprint density at radius 3 is 2.76 bits per heavy atom. The number of para-hydroxylation sites is 1. The fraction of sp³-hybridized carbons (Fsp3) is 0.471. The number of benzene rings is 1. The van der Waals surface area contributed by atoms with Crippen molar-refractivity contribution in [2.75, 3.05) is 33.4 Å². The summed E-state index contributed by atoms with van der Waals surface area (Å²) >= 11 is 1.72. The van der Waals surface area contributed by atoms with Crippen LogP contribution in [0.1, 0.15) is 18.4 Å². The van der Waals surface area contributed by atoms with E-state index in [-0.39, 0.29) is 0 Å². The van der Waals surface area contributed by atoms with E-state index >= 15 is 0 Å². The number of thioether (sulfide) groups is 1. The number of nitrogens with zero attached hydrogens (tertiary/aromatic N) is 2. The van der Waals surface area contributed by atoms with Gasteiger partial charge in [-0.2, -0.15) is 0 Å². The molecule has 2 rings (SSSR count). The Morgan fingerprint density at radius 1 is 1.19 bits per heavy atom. The lowest BCUT2D eigenvalue weighted by Crippen LogP contribution is -2.18. The molecule has 0 bridgehead atoms. The van der Waals surface area contributed by atoms with Gasteiger partial charge in [0.05, 0.1) is 5.52 Å². The molecule has 4 heteroatoms. The van der Waals surface area contributed by atoms with Crippen molar-refractivity contribution in [2.24, 2.45) is 0 Å². The van der Waals surface area contributed by atoms with Crippen molar-refractivity contribution in [1.29, 1.82) is 0 Å². The summed E-state index contributed by atoms with van der Waals surface area (Å²) in [7, 11) is 4.25. The lowest BCUT2D eigenvalue weighted by molar-refractivity contribution is 0.391. The van der Waals surface area contributed by atoms with Crippen LogP contribution < -0.4 is 5.32 Å². The number of rotatable bonds is 8. The number of hydrogen-bond donors (Lipinski definition) is 1. The fourth-order valence-corrected chi connectivity index (χ4v) is 2.93. The van der Waals surface area contributed by atoms with E-state index < -0.39 is 0 Å². The Bertz CT molecular complexity index is 569. The predicted molar refractivity (Wildman–Crippen MR) is 93.0 cm³/mol.